The van der Waals surface area contributed by atoms with Gasteiger partial charge in [0, 0.05) is 0 Å². The van der Waals surface area contributed by atoms with Gasteiger partial charge in [0.05, 0.1) is 0 Å². The second-order valence-electron chi connectivity index (χ2n) is 15.3. The van der Waals surface area contributed by atoms with Crippen LogP contribution in [0.15, 0.2) is 0 Å². The van der Waals surface area contributed by atoms with Gasteiger partial charge in [0.2, 0.25) is 0 Å². The molecule has 0 aromatic rings. The van der Waals surface area contributed by atoms with Crippen molar-refractivity contribution in [3.8, 4) is 0 Å². The van der Waals surface area contributed by atoms with Gasteiger partial charge in [-0.1, -0.05) is 39.0 Å². The maximum absolute atomic E-state index is 8.21. The molecule has 0 saturated carbocycles. The van der Waals surface area contributed by atoms with E-state index in [9.17, 15) is 0 Å². The zero-order valence-corrected chi connectivity index (χ0v) is 33.3. The number of unbranched alkanes of at least 4 members (excludes halogenated alkanes) is 30. The first-order chi connectivity index (χ1) is 21.5. The summed E-state index contributed by atoms with van der Waals surface area (Å²) in [6, 6.07) is 0. The van der Waals surface area contributed by atoms with Crippen molar-refractivity contribution >= 4 is 17.2 Å². The molecule has 0 heterocycles. The van der Waals surface area contributed by atoms with Crippen LogP contribution in [-0.2, 0) is 0 Å². The standard InChI is InChI=1S/C42H88ClP/c1-5-9-13-17-21-22-23-24-25-26-27-28-29-30-34-38-42-44(43,39-35-31-18-14-10-6-2,40-36-32-19-15-11-7-3)41-37-33-20-16-12-8-4/h5-42H2,1-4H3. The van der Waals surface area contributed by atoms with Crippen LogP contribution >= 0.6 is 17.2 Å². The van der Waals surface area contributed by atoms with Crippen LogP contribution in [0.25, 0.3) is 0 Å². The SMILES string of the molecule is CCCCCCCCCCCCCCCCCCP(Cl)(CCCCCCCC)(CCCCCCCC)CCCCCCCC. The minimum atomic E-state index is -2.14. The minimum absolute atomic E-state index is 1.35. The van der Waals surface area contributed by atoms with Crippen LogP contribution < -0.4 is 0 Å². The first-order valence-corrected chi connectivity index (χ1v) is 25.1. The molecule has 0 unspecified atom stereocenters. The zero-order chi connectivity index (χ0) is 32.3. The Morgan fingerprint density at radius 1 is 0.227 bits per heavy atom. The molecule has 0 saturated heterocycles. The van der Waals surface area contributed by atoms with Gasteiger partial charge in [-0.25, -0.2) is 0 Å². The van der Waals surface area contributed by atoms with Crippen molar-refractivity contribution < 1.29 is 0 Å². The van der Waals surface area contributed by atoms with Gasteiger partial charge in [-0.15, -0.1) is 0 Å². The van der Waals surface area contributed by atoms with Gasteiger partial charge in [0.1, 0.15) is 0 Å². The summed E-state index contributed by atoms with van der Waals surface area (Å²) in [4.78, 5) is 0. The van der Waals surface area contributed by atoms with Crippen molar-refractivity contribution in [2.75, 3.05) is 24.6 Å². The molecular weight excluding hydrogens is 571 g/mol. The van der Waals surface area contributed by atoms with Gasteiger partial charge < -0.3 is 0 Å². The fraction of sp³-hybridized carbons (Fsp3) is 1.00. The fourth-order valence-corrected chi connectivity index (χ4v) is 14.4. The van der Waals surface area contributed by atoms with Crippen molar-refractivity contribution in [3.63, 3.8) is 0 Å². The quantitative estimate of drug-likeness (QED) is 0.0457. The van der Waals surface area contributed by atoms with E-state index in [1.807, 2.05) is 0 Å². The van der Waals surface area contributed by atoms with Crippen molar-refractivity contribution in [3.05, 3.63) is 0 Å². The van der Waals surface area contributed by atoms with Gasteiger partial charge >= 0.3 is 249 Å². The predicted molar refractivity (Wildman–Crippen MR) is 212 cm³/mol. The van der Waals surface area contributed by atoms with Crippen LogP contribution in [0.4, 0.5) is 0 Å². The van der Waals surface area contributed by atoms with E-state index in [1.165, 1.54) is 243 Å². The first-order valence-electron chi connectivity index (χ1n) is 21.3. The van der Waals surface area contributed by atoms with E-state index in [1.54, 1.807) is 0 Å². The molecular formula is C42H88ClP. The third kappa shape index (κ3) is 28.9. The molecule has 0 rings (SSSR count). The van der Waals surface area contributed by atoms with E-state index in [2.05, 4.69) is 27.7 Å². The Balaban J connectivity index is 4.63. The molecule has 268 valence electrons. The summed E-state index contributed by atoms with van der Waals surface area (Å²) < 4.78 is 0. The Bertz CT molecular complexity index is 502. The number of hydrogen-bond acceptors (Lipinski definition) is 0. The van der Waals surface area contributed by atoms with Crippen LogP contribution in [-0.4, -0.2) is 24.6 Å². The summed E-state index contributed by atoms with van der Waals surface area (Å²) in [5.41, 5.74) is 0. The molecule has 0 bridgehead atoms. The van der Waals surface area contributed by atoms with Crippen LogP contribution in [0.1, 0.15) is 246 Å². The summed E-state index contributed by atoms with van der Waals surface area (Å²) in [5, 5.41) is 0. The summed E-state index contributed by atoms with van der Waals surface area (Å²) >= 11 is 8.21. The zero-order valence-electron chi connectivity index (χ0n) is 31.7. The molecule has 0 radical (unpaired) electrons. The summed E-state index contributed by atoms with van der Waals surface area (Å²) in [6.07, 6.45) is 54.4. The van der Waals surface area contributed by atoms with Crippen molar-refractivity contribution in [1.82, 2.24) is 0 Å². The summed E-state index contributed by atoms with van der Waals surface area (Å²) in [7, 11) is 0. The first kappa shape index (κ1) is 44.7. The molecule has 2 heteroatoms. The van der Waals surface area contributed by atoms with Gasteiger partial charge in [0.15, 0.2) is 0 Å². The fourth-order valence-electron chi connectivity index (χ4n) is 7.59. The van der Waals surface area contributed by atoms with E-state index in [-0.39, 0.29) is 0 Å². The van der Waals surface area contributed by atoms with E-state index >= 15 is 0 Å². The van der Waals surface area contributed by atoms with Gasteiger partial charge in [-0.2, -0.15) is 0 Å². The molecule has 0 atom stereocenters. The Morgan fingerprint density at radius 2 is 0.364 bits per heavy atom. The van der Waals surface area contributed by atoms with E-state index in [0.717, 1.165) is 0 Å². The third-order valence-electron chi connectivity index (χ3n) is 10.8. The van der Waals surface area contributed by atoms with Gasteiger partial charge in [-0.05, 0) is 0 Å². The van der Waals surface area contributed by atoms with Gasteiger partial charge in [0.25, 0.3) is 0 Å². The van der Waals surface area contributed by atoms with Crippen molar-refractivity contribution in [2.24, 2.45) is 0 Å². The number of halogens is 1. The van der Waals surface area contributed by atoms with Gasteiger partial charge in [-0.3, -0.25) is 0 Å². The number of rotatable bonds is 38. The monoisotopic (exact) mass is 659 g/mol. The second-order valence-corrected chi connectivity index (χ2v) is 23.6. The molecule has 0 spiro atoms. The topological polar surface area (TPSA) is 0 Å². The Morgan fingerprint density at radius 3 is 0.523 bits per heavy atom. The van der Waals surface area contributed by atoms with Crippen molar-refractivity contribution in [2.45, 2.75) is 246 Å². The normalized spacial score (nSPS) is 13.0. The molecule has 0 amide bonds. The molecule has 0 aliphatic rings. The number of hydrogen-bond donors (Lipinski definition) is 0. The molecule has 0 fully saturated rings. The van der Waals surface area contributed by atoms with Crippen LogP contribution in [0.2, 0.25) is 0 Å². The Labute approximate surface area is 286 Å². The van der Waals surface area contributed by atoms with Crippen LogP contribution in [0.5, 0.6) is 0 Å². The Hall–Kier alpha value is 0.720. The second kappa shape index (κ2) is 33.6. The predicted octanol–water partition coefficient (Wildman–Crippen LogP) is 17.0. The molecule has 44 heavy (non-hydrogen) atoms. The average molecular weight is 660 g/mol. The van der Waals surface area contributed by atoms with Crippen LogP contribution in [0.3, 0.4) is 0 Å². The van der Waals surface area contributed by atoms with E-state index < -0.39 is 5.96 Å². The maximum atomic E-state index is 8.21. The molecule has 0 nitrogen and oxygen atoms in total. The van der Waals surface area contributed by atoms with E-state index in [4.69, 9.17) is 11.2 Å². The van der Waals surface area contributed by atoms with Crippen molar-refractivity contribution in [1.29, 1.82) is 0 Å². The Kier molecular flexibility index (Phi) is 34.2. The third-order valence-corrected chi connectivity index (χ3v) is 18.5. The summed E-state index contributed by atoms with van der Waals surface area (Å²) in [5.74, 6) is -2.14. The average Bonchev–Trinajstić information content (AvgIpc) is 3.02. The molecule has 0 aliphatic heterocycles. The molecule has 0 N–H and O–H groups in total. The van der Waals surface area contributed by atoms with E-state index in [0.29, 0.717) is 0 Å². The van der Waals surface area contributed by atoms with Crippen LogP contribution in [0, 0.1) is 0 Å². The molecule has 0 aliphatic carbocycles. The molecule has 0 aromatic carbocycles. The summed E-state index contributed by atoms with van der Waals surface area (Å²) in [6.45, 7) is 9.33. The molecule has 0 aromatic heterocycles.